The summed E-state index contributed by atoms with van der Waals surface area (Å²) in [6.45, 7) is 2.99. The van der Waals surface area contributed by atoms with Crippen molar-refractivity contribution in [1.29, 1.82) is 0 Å². The van der Waals surface area contributed by atoms with E-state index in [1.165, 1.54) is 0 Å². The molecule has 0 unspecified atom stereocenters. The summed E-state index contributed by atoms with van der Waals surface area (Å²) in [5.41, 5.74) is 7.16. The van der Waals surface area contributed by atoms with Crippen molar-refractivity contribution in [3.63, 3.8) is 0 Å². The largest absolute Gasteiger partial charge is 0.494 e. The number of ether oxygens (including phenoxy) is 2. The Kier molecular flexibility index (Phi) is 5.04. The smallest absolute Gasteiger partial charge is 0.170 e. The normalized spacial score (nSPS) is 11.2. The Morgan fingerprint density at radius 1 is 1.10 bits per heavy atom. The number of hydrogen-bond donors (Lipinski definition) is 2. The molecule has 0 aliphatic rings. The highest BCUT2D eigenvalue weighted by Gasteiger charge is 2.02. The summed E-state index contributed by atoms with van der Waals surface area (Å²) in [7, 11) is 0. The predicted molar refractivity (Wildman–Crippen MR) is 80.9 cm³/mol. The van der Waals surface area contributed by atoms with Crippen molar-refractivity contribution in [3.05, 3.63) is 59.7 Å². The second kappa shape index (κ2) is 7.19. The van der Waals surface area contributed by atoms with Gasteiger partial charge in [-0.05, 0) is 42.8 Å². The van der Waals surface area contributed by atoms with Crippen LogP contribution < -0.4 is 15.2 Å². The lowest BCUT2D eigenvalue weighted by Crippen LogP contribution is -2.13. The molecule has 0 radical (unpaired) electrons. The fourth-order valence-electron chi connectivity index (χ4n) is 1.84. The summed E-state index contributed by atoms with van der Waals surface area (Å²) in [5.74, 6) is 1.66. The van der Waals surface area contributed by atoms with Gasteiger partial charge in [0, 0.05) is 5.56 Å². The molecule has 0 bridgehead atoms. The van der Waals surface area contributed by atoms with Crippen molar-refractivity contribution in [2.75, 3.05) is 6.61 Å². The van der Waals surface area contributed by atoms with Crippen LogP contribution in [0.3, 0.4) is 0 Å². The van der Waals surface area contributed by atoms with Gasteiger partial charge in [-0.3, -0.25) is 0 Å². The molecule has 3 N–H and O–H groups in total. The molecular weight excluding hydrogens is 268 g/mol. The maximum absolute atomic E-state index is 8.68. The van der Waals surface area contributed by atoms with E-state index in [4.69, 9.17) is 20.4 Å². The number of nitrogens with zero attached hydrogens (tertiary/aromatic N) is 1. The zero-order valence-electron chi connectivity index (χ0n) is 11.8. The first-order chi connectivity index (χ1) is 10.2. The molecule has 0 saturated carbocycles. The van der Waals surface area contributed by atoms with Gasteiger partial charge in [0.2, 0.25) is 0 Å². The van der Waals surface area contributed by atoms with Gasteiger partial charge in [-0.15, -0.1) is 0 Å². The minimum absolute atomic E-state index is 0.0814. The van der Waals surface area contributed by atoms with Crippen LogP contribution in [0.2, 0.25) is 0 Å². The molecule has 21 heavy (non-hydrogen) atoms. The number of nitrogens with two attached hydrogens (primary N) is 1. The summed E-state index contributed by atoms with van der Waals surface area (Å²) in [4.78, 5) is 0. The first-order valence-corrected chi connectivity index (χ1v) is 6.65. The van der Waals surface area contributed by atoms with Crippen LogP contribution in [-0.4, -0.2) is 17.6 Å². The fourth-order valence-corrected chi connectivity index (χ4v) is 1.84. The van der Waals surface area contributed by atoms with Crippen LogP contribution in [-0.2, 0) is 6.61 Å². The molecule has 0 aromatic heterocycles. The van der Waals surface area contributed by atoms with E-state index >= 15 is 0 Å². The first-order valence-electron chi connectivity index (χ1n) is 6.65. The number of benzene rings is 2. The molecule has 0 fully saturated rings. The topological polar surface area (TPSA) is 77.1 Å². The van der Waals surface area contributed by atoms with E-state index in [0.717, 1.165) is 17.1 Å². The molecule has 0 saturated heterocycles. The summed E-state index contributed by atoms with van der Waals surface area (Å²) in [6, 6.07) is 14.8. The van der Waals surface area contributed by atoms with E-state index in [2.05, 4.69) is 5.16 Å². The van der Waals surface area contributed by atoms with Crippen molar-refractivity contribution >= 4 is 5.84 Å². The summed E-state index contributed by atoms with van der Waals surface area (Å²) < 4.78 is 11.1. The van der Waals surface area contributed by atoms with Gasteiger partial charge < -0.3 is 20.4 Å². The molecule has 5 heteroatoms. The summed E-state index contributed by atoms with van der Waals surface area (Å²) in [6.07, 6.45) is 0. The first kappa shape index (κ1) is 14.7. The number of amidine groups is 1. The van der Waals surface area contributed by atoms with Crippen molar-refractivity contribution in [2.45, 2.75) is 13.5 Å². The standard InChI is InChI=1S/C16H18N2O3/c1-2-20-14-6-8-15(9-7-14)21-11-12-4-3-5-13(10-12)16(17)18-19/h3-10,19H,2,11H2,1H3,(H2,17,18). The molecule has 0 aliphatic carbocycles. The third kappa shape index (κ3) is 4.14. The average molecular weight is 286 g/mol. The van der Waals surface area contributed by atoms with Crippen LogP contribution in [0, 0.1) is 0 Å². The third-order valence-electron chi connectivity index (χ3n) is 2.87. The van der Waals surface area contributed by atoms with E-state index in [-0.39, 0.29) is 5.84 Å². The molecule has 110 valence electrons. The molecule has 0 amide bonds. The van der Waals surface area contributed by atoms with E-state index in [9.17, 15) is 0 Å². The molecule has 0 atom stereocenters. The van der Waals surface area contributed by atoms with Crippen LogP contribution in [0.1, 0.15) is 18.1 Å². The Morgan fingerprint density at radius 2 is 1.76 bits per heavy atom. The second-order valence-corrected chi connectivity index (χ2v) is 4.38. The van der Waals surface area contributed by atoms with Gasteiger partial charge in [0.25, 0.3) is 0 Å². The molecule has 0 aliphatic heterocycles. The van der Waals surface area contributed by atoms with Crippen molar-refractivity contribution in [3.8, 4) is 11.5 Å². The zero-order valence-corrected chi connectivity index (χ0v) is 11.8. The number of oxime groups is 1. The molecule has 2 aromatic rings. The van der Waals surface area contributed by atoms with E-state index in [0.29, 0.717) is 18.8 Å². The lowest BCUT2D eigenvalue weighted by atomic mass is 10.1. The van der Waals surface area contributed by atoms with Gasteiger partial charge in [0.1, 0.15) is 18.1 Å². The van der Waals surface area contributed by atoms with Crippen molar-refractivity contribution in [2.24, 2.45) is 10.9 Å². The molecule has 5 nitrogen and oxygen atoms in total. The molecule has 2 rings (SSSR count). The maximum Gasteiger partial charge on any atom is 0.170 e. The lowest BCUT2D eigenvalue weighted by Gasteiger charge is -2.08. The Bertz CT molecular complexity index is 609. The lowest BCUT2D eigenvalue weighted by molar-refractivity contribution is 0.304. The van der Waals surface area contributed by atoms with Crippen LogP contribution in [0.5, 0.6) is 11.5 Å². The van der Waals surface area contributed by atoms with Crippen LogP contribution >= 0.6 is 0 Å². The Morgan fingerprint density at radius 3 is 2.38 bits per heavy atom. The molecular formula is C16H18N2O3. The highest BCUT2D eigenvalue weighted by Crippen LogP contribution is 2.18. The molecule has 2 aromatic carbocycles. The quantitative estimate of drug-likeness (QED) is 0.370. The monoisotopic (exact) mass is 286 g/mol. The predicted octanol–water partition coefficient (Wildman–Crippen LogP) is 2.76. The Balaban J connectivity index is 1.99. The average Bonchev–Trinajstić information content (AvgIpc) is 2.54. The van der Waals surface area contributed by atoms with Gasteiger partial charge in [-0.25, -0.2) is 0 Å². The molecule has 0 heterocycles. The summed E-state index contributed by atoms with van der Waals surface area (Å²) >= 11 is 0. The van der Waals surface area contributed by atoms with Gasteiger partial charge in [-0.2, -0.15) is 0 Å². The van der Waals surface area contributed by atoms with Gasteiger partial charge in [-0.1, -0.05) is 23.4 Å². The number of hydrogen-bond acceptors (Lipinski definition) is 4. The Labute approximate surface area is 123 Å². The van der Waals surface area contributed by atoms with E-state index in [1.54, 1.807) is 6.07 Å². The van der Waals surface area contributed by atoms with Gasteiger partial charge in [0.15, 0.2) is 5.84 Å². The second-order valence-electron chi connectivity index (χ2n) is 4.38. The van der Waals surface area contributed by atoms with E-state index in [1.807, 2.05) is 49.4 Å². The number of rotatable bonds is 6. The third-order valence-corrected chi connectivity index (χ3v) is 2.87. The van der Waals surface area contributed by atoms with E-state index < -0.39 is 0 Å². The fraction of sp³-hybridized carbons (Fsp3) is 0.188. The van der Waals surface area contributed by atoms with Gasteiger partial charge >= 0.3 is 0 Å². The Hall–Kier alpha value is -2.69. The molecule has 0 spiro atoms. The highest BCUT2D eigenvalue weighted by atomic mass is 16.5. The van der Waals surface area contributed by atoms with Gasteiger partial charge in [0.05, 0.1) is 6.61 Å². The minimum Gasteiger partial charge on any atom is -0.494 e. The van der Waals surface area contributed by atoms with Crippen LogP contribution in [0.25, 0.3) is 0 Å². The maximum atomic E-state index is 8.68. The van der Waals surface area contributed by atoms with Crippen molar-refractivity contribution in [1.82, 2.24) is 0 Å². The SMILES string of the molecule is CCOc1ccc(OCc2cccc(/C(N)=N/O)c2)cc1. The van der Waals surface area contributed by atoms with Crippen LogP contribution in [0.4, 0.5) is 0 Å². The van der Waals surface area contributed by atoms with Crippen molar-refractivity contribution < 1.29 is 14.7 Å². The van der Waals surface area contributed by atoms with Crippen LogP contribution in [0.15, 0.2) is 53.7 Å². The highest BCUT2D eigenvalue weighted by molar-refractivity contribution is 5.97. The zero-order chi connectivity index (χ0) is 15.1. The summed E-state index contributed by atoms with van der Waals surface area (Å²) in [5, 5.41) is 11.7. The minimum atomic E-state index is 0.0814.